The van der Waals surface area contributed by atoms with Gasteiger partial charge in [0.25, 0.3) is 0 Å². The van der Waals surface area contributed by atoms with Crippen molar-refractivity contribution < 1.29 is 9.15 Å². The summed E-state index contributed by atoms with van der Waals surface area (Å²) in [5.41, 5.74) is 0. The van der Waals surface area contributed by atoms with Gasteiger partial charge in [-0.15, -0.1) is 0 Å². The summed E-state index contributed by atoms with van der Waals surface area (Å²) in [7, 11) is 0. The minimum absolute atomic E-state index is 0.281. The molecule has 1 aliphatic carbocycles. The summed E-state index contributed by atoms with van der Waals surface area (Å²) in [5, 5.41) is 3.63. The van der Waals surface area contributed by atoms with Gasteiger partial charge in [-0.25, -0.2) is 0 Å². The van der Waals surface area contributed by atoms with Gasteiger partial charge in [-0.3, -0.25) is 0 Å². The van der Waals surface area contributed by atoms with E-state index in [4.69, 9.17) is 9.15 Å². The molecular weight excluding hydrogens is 202 g/mol. The third-order valence-electron chi connectivity index (χ3n) is 3.66. The number of nitrogens with one attached hydrogen (secondary N) is 1. The normalized spacial score (nSPS) is 31.8. The van der Waals surface area contributed by atoms with Crippen LogP contribution in [0.15, 0.2) is 22.8 Å². The third kappa shape index (κ3) is 2.02. The van der Waals surface area contributed by atoms with Crippen molar-refractivity contribution in [2.24, 2.45) is 5.92 Å². The predicted molar refractivity (Wildman–Crippen MR) is 61.1 cm³/mol. The average Bonchev–Trinajstić information content (AvgIpc) is 2.83. The monoisotopic (exact) mass is 221 g/mol. The first-order valence-corrected chi connectivity index (χ1v) is 6.25. The number of ether oxygens (including phenoxy) is 1. The molecule has 1 saturated heterocycles. The van der Waals surface area contributed by atoms with Crippen LogP contribution in [0.5, 0.6) is 0 Å². The summed E-state index contributed by atoms with van der Waals surface area (Å²) in [6, 6.07) is 4.76. The molecule has 3 nitrogen and oxygen atoms in total. The van der Waals surface area contributed by atoms with Crippen LogP contribution < -0.4 is 5.32 Å². The van der Waals surface area contributed by atoms with Crippen molar-refractivity contribution in [3.63, 3.8) is 0 Å². The average molecular weight is 221 g/mol. The van der Waals surface area contributed by atoms with Crippen LogP contribution in [0.3, 0.4) is 0 Å². The lowest BCUT2D eigenvalue weighted by atomic mass is 10.0. The zero-order chi connectivity index (χ0) is 11.0. The predicted octanol–water partition coefficient (Wildman–Crippen LogP) is 2.50. The highest BCUT2D eigenvalue weighted by Crippen LogP contribution is 2.39. The van der Waals surface area contributed by atoms with Crippen LogP contribution in [0, 0.1) is 5.92 Å². The second-order valence-electron chi connectivity index (χ2n) is 4.97. The second-order valence-corrected chi connectivity index (χ2v) is 4.97. The molecule has 0 radical (unpaired) electrons. The molecule has 0 bridgehead atoms. The lowest BCUT2D eigenvalue weighted by molar-refractivity contribution is 0.0787. The largest absolute Gasteiger partial charge is 0.468 e. The highest BCUT2D eigenvalue weighted by molar-refractivity contribution is 5.05. The van der Waals surface area contributed by atoms with Gasteiger partial charge < -0.3 is 14.5 Å². The first-order chi connectivity index (χ1) is 7.84. The van der Waals surface area contributed by atoms with Gasteiger partial charge in [0.2, 0.25) is 0 Å². The lowest BCUT2D eigenvalue weighted by Gasteiger charge is -2.22. The first kappa shape index (κ1) is 10.4. The van der Waals surface area contributed by atoms with Gasteiger partial charge in [-0.05, 0) is 44.2 Å². The van der Waals surface area contributed by atoms with Gasteiger partial charge in [0, 0.05) is 12.6 Å². The lowest BCUT2D eigenvalue weighted by Crippen LogP contribution is -2.38. The van der Waals surface area contributed by atoms with E-state index in [9.17, 15) is 0 Å². The Balaban J connectivity index is 1.61. The second kappa shape index (κ2) is 4.22. The van der Waals surface area contributed by atoms with Crippen molar-refractivity contribution in [1.29, 1.82) is 0 Å². The number of furan rings is 1. The van der Waals surface area contributed by atoms with Crippen LogP contribution in [0.1, 0.15) is 38.0 Å². The first-order valence-electron chi connectivity index (χ1n) is 6.25. The molecule has 3 unspecified atom stereocenters. The minimum atomic E-state index is 0.281. The smallest absolute Gasteiger partial charge is 0.120 e. The van der Waals surface area contributed by atoms with Crippen LogP contribution in [0.4, 0.5) is 0 Å². The van der Waals surface area contributed by atoms with E-state index in [1.165, 1.54) is 12.8 Å². The van der Waals surface area contributed by atoms with Crippen molar-refractivity contribution in [2.75, 3.05) is 6.61 Å². The standard InChI is InChI=1S/C13H19NO2/c1-9(12-3-2-7-15-12)14-11-6-8-16-13(11)10-4-5-10/h2-3,7,9-11,13-14H,4-6,8H2,1H3. The Bertz CT molecular complexity index is 332. The Labute approximate surface area is 96.2 Å². The van der Waals surface area contributed by atoms with E-state index in [0.717, 1.165) is 24.7 Å². The van der Waals surface area contributed by atoms with Gasteiger partial charge in [0.05, 0.1) is 18.4 Å². The number of hydrogen-bond donors (Lipinski definition) is 1. The number of hydrogen-bond acceptors (Lipinski definition) is 3. The fraction of sp³-hybridized carbons (Fsp3) is 0.692. The molecule has 1 saturated carbocycles. The molecule has 0 aromatic carbocycles. The molecule has 3 heteroatoms. The van der Waals surface area contributed by atoms with Crippen LogP contribution in [-0.2, 0) is 4.74 Å². The molecule has 0 spiro atoms. The fourth-order valence-corrected chi connectivity index (χ4v) is 2.62. The maximum atomic E-state index is 5.81. The summed E-state index contributed by atoms with van der Waals surface area (Å²) in [6.45, 7) is 3.06. The van der Waals surface area contributed by atoms with Crippen molar-refractivity contribution in [3.05, 3.63) is 24.2 Å². The van der Waals surface area contributed by atoms with Crippen LogP contribution in [0.25, 0.3) is 0 Å². The van der Waals surface area contributed by atoms with E-state index >= 15 is 0 Å². The van der Waals surface area contributed by atoms with Gasteiger partial charge >= 0.3 is 0 Å². The topological polar surface area (TPSA) is 34.4 Å². The molecule has 1 N–H and O–H groups in total. The fourth-order valence-electron chi connectivity index (χ4n) is 2.62. The maximum absolute atomic E-state index is 5.81. The van der Waals surface area contributed by atoms with Crippen molar-refractivity contribution in [3.8, 4) is 0 Å². The molecule has 1 aliphatic heterocycles. The molecule has 88 valence electrons. The highest BCUT2D eigenvalue weighted by Gasteiger charge is 2.40. The van der Waals surface area contributed by atoms with Crippen molar-refractivity contribution >= 4 is 0 Å². The maximum Gasteiger partial charge on any atom is 0.120 e. The number of rotatable bonds is 4. The van der Waals surface area contributed by atoms with E-state index < -0.39 is 0 Å². The van der Waals surface area contributed by atoms with Crippen molar-refractivity contribution in [2.45, 2.75) is 44.4 Å². The van der Waals surface area contributed by atoms with Crippen LogP contribution in [0.2, 0.25) is 0 Å². The molecule has 2 aliphatic rings. The zero-order valence-corrected chi connectivity index (χ0v) is 9.69. The SMILES string of the molecule is CC(NC1CCOC1C1CC1)c1ccco1. The third-order valence-corrected chi connectivity index (χ3v) is 3.66. The Morgan fingerprint density at radius 1 is 1.38 bits per heavy atom. The van der Waals surface area contributed by atoms with Gasteiger partial charge in [0.1, 0.15) is 5.76 Å². The minimum Gasteiger partial charge on any atom is -0.468 e. The summed E-state index contributed by atoms with van der Waals surface area (Å²) in [5.74, 6) is 1.82. The quantitative estimate of drug-likeness (QED) is 0.848. The Hall–Kier alpha value is -0.800. The van der Waals surface area contributed by atoms with Gasteiger partial charge in [-0.2, -0.15) is 0 Å². The molecule has 0 amide bonds. The molecule has 2 heterocycles. The zero-order valence-electron chi connectivity index (χ0n) is 9.69. The molecule has 3 rings (SSSR count). The Morgan fingerprint density at radius 3 is 2.94 bits per heavy atom. The van der Waals surface area contributed by atoms with E-state index in [0.29, 0.717) is 12.1 Å². The highest BCUT2D eigenvalue weighted by atomic mass is 16.5. The molecular formula is C13H19NO2. The van der Waals surface area contributed by atoms with E-state index in [1.54, 1.807) is 6.26 Å². The molecule has 1 aromatic rings. The van der Waals surface area contributed by atoms with Gasteiger partial charge in [-0.1, -0.05) is 0 Å². The molecule has 1 aromatic heterocycles. The van der Waals surface area contributed by atoms with E-state index in [1.807, 2.05) is 12.1 Å². The van der Waals surface area contributed by atoms with Gasteiger partial charge in [0.15, 0.2) is 0 Å². The molecule has 3 atom stereocenters. The summed E-state index contributed by atoms with van der Waals surface area (Å²) < 4.78 is 11.2. The van der Waals surface area contributed by atoms with Crippen LogP contribution in [-0.4, -0.2) is 18.8 Å². The Morgan fingerprint density at radius 2 is 2.25 bits per heavy atom. The summed E-state index contributed by atoms with van der Waals surface area (Å²) in [4.78, 5) is 0. The Kier molecular flexibility index (Phi) is 2.74. The molecule has 16 heavy (non-hydrogen) atoms. The molecule has 2 fully saturated rings. The van der Waals surface area contributed by atoms with E-state index in [-0.39, 0.29) is 6.04 Å². The van der Waals surface area contributed by atoms with Crippen LogP contribution >= 0.6 is 0 Å². The van der Waals surface area contributed by atoms with Crippen molar-refractivity contribution in [1.82, 2.24) is 5.32 Å². The summed E-state index contributed by atoms with van der Waals surface area (Å²) >= 11 is 0. The summed E-state index contributed by atoms with van der Waals surface area (Å²) in [6.07, 6.45) is 6.00. The van der Waals surface area contributed by atoms with E-state index in [2.05, 4.69) is 12.2 Å².